The molecule has 1 aliphatic carbocycles. The average Bonchev–Trinajstić information content (AvgIpc) is 1.98. The van der Waals surface area contributed by atoms with Gasteiger partial charge in [-0.05, 0) is 18.2 Å². The minimum atomic E-state index is -2.26. The van der Waals surface area contributed by atoms with Crippen molar-refractivity contribution >= 4 is 15.9 Å². The third-order valence-electron chi connectivity index (χ3n) is 1.50. The number of aliphatic hydroxyl groups excluding tert-OH is 1. The topological polar surface area (TPSA) is 20.2 Å². The first-order chi connectivity index (χ1) is 5.08. The normalized spacial score (nSPS) is 37.1. The van der Waals surface area contributed by atoms with Gasteiger partial charge in [-0.2, -0.15) is 0 Å². The van der Waals surface area contributed by atoms with Crippen molar-refractivity contribution in [2.24, 2.45) is 0 Å². The van der Waals surface area contributed by atoms with Gasteiger partial charge in [0.05, 0.1) is 6.61 Å². The van der Waals surface area contributed by atoms with Crippen molar-refractivity contribution < 1.29 is 13.9 Å². The number of halogens is 3. The third kappa shape index (κ3) is 1.68. The van der Waals surface area contributed by atoms with Crippen molar-refractivity contribution in [2.75, 3.05) is 6.61 Å². The highest BCUT2D eigenvalue weighted by Crippen LogP contribution is 2.29. The number of aliphatic hydroxyl groups is 1. The van der Waals surface area contributed by atoms with E-state index in [2.05, 4.69) is 15.9 Å². The molecule has 2 unspecified atom stereocenters. The fourth-order valence-electron chi connectivity index (χ4n) is 0.826. The van der Waals surface area contributed by atoms with Crippen LogP contribution in [0.1, 0.15) is 0 Å². The number of hydrogen-bond acceptors (Lipinski definition) is 1. The molecule has 0 aromatic carbocycles. The second-order valence-corrected chi connectivity index (χ2v) is 3.29. The predicted octanol–water partition coefficient (Wildman–Crippen LogP) is 1.87. The average molecular weight is 225 g/mol. The predicted molar refractivity (Wildman–Crippen MR) is 42.0 cm³/mol. The largest absolute Gasteiger partial charge is 0.393 e. The first kappa shape index (κ1) is 8.87. The fraction of sp³-hybridized carbons (Fsp3) is 0.429. The molecular formula is C7H7BrF2O. The van der Waals surface area contributed by atoms with E-state index in [1.165, 1.54) is 6.08 Å². The molecule has 0 aromatic heterocycles. The molecule has 1 nitrogen and oxygen atoms in total. The Morgan fingerprint density at radius 3 is 2.82 bits per heavy atom. The maximum Gasteiger partial charge on any atom is 0.187 e. The highest BCUT2D eigenvalue weighted by atomic mass is 79.9. The molecule has 0 heterocycles. The van der Waals surface area contributed by atoms with Gasteiger partial charge in [0.2, 0.25) is 0 Å². The lowest BCUT2D eigenvalue weighted by molar-refractivity contribution is 0.0554. The van der Waals surface area contributed by atoms with Crippen LogP contribution in [0.5, 0.6) is 0 Å². The van der Waals surface area contributed by atoms with E-state index in [1.54, 1.807) is 0 Å². The Bertz CT molecular complexity index is 214. The van der Waals surface area contributed by atoms with Gasteiger partial charge in [0, 0.05) is 4.48 Å². The summed E-state index contributed by atoms with van der Waals surface area (Å²) in [5.41, 5.74) is -2.26. The van der Waals surface area contributed by atoms with Crippen LogP contribution in [0.15, 0.2) is 22.7 Å². The molecule has 0 aliphatic heterocycles. The van der Waals surface area contributed by atoms with Crippen molar-refractivity contribution in [3.63, 3.8) is 0 Å². The van der Waals surface area contributed by atoms with Crippen LogP contribution in [0.3, 0.4) is 0 Å². The summed E-state index contributed by atoms with van der Waals surface area (Å²) in [6.45, 7) is -0.840. The lowest BCUT2D eigenvalue weighted by Gasteiger charge is -2.23. The van der Waals surface area contributed by atoms with E-state index in [1.807, 2.05) is 0 Å². The standard InChI is InChI=1S/C7H7BrF2O/c8-5-1-2-6(9)7(10,3-5)4-11/h1-3,6,11H,4H2. The zero-order chi connectivity index (χ0) is 8.48. The minimum absolute atomic E-state index is 0.447. The first-order valence-corrected chi connectivity index (χ1v) is 3.88. The molecule has 0 aromatic rings. The van der Waals surface area contributed by atoms with Crippen molar-refractivity contribution in [3.05, 3.63) is 22.7 Å². The summed E-state index contributed by atoms with van der Waals surface area (Å²) in [5, 5.41) is 8.52. The van der Waals surface area contributed by atoms with E-state index in [0.717, 1.165) is 12.2 Å². The van der Waals surface area contributed by atoms with Gasteiger partial charge in [-0.15, -0.1) is 0 Å². The zero-order valence-electron chi connectivity index (χ0n) is 5.60. The Kier molecular flexibility index (Phi) is 2.44. The molecule has 1 rings (SSSR count). The second kappa shape index (κ2) is 3.03. The van der Waals surface area contributed by atoms with E-state index in [4.69, 9.17) is 5.11 Å². The zero-order valence-corrected chi connectivity index (χ0v) is 7.18. The lowest BCUT2D eigenvalue weighted by atomic mass is 9.96. The van der Waals surface area contributed by atoms with E-state index < -0.39 is 18.4 Å². The third-order valence-corrected chi connectivity index (χ3v) is 2.00. The van der Waals surface area contributed by atoms with E-state index in [0.29, 0.717) is 4.48 Å². The van der Waals surface area contributed by atoms with Crippen LogP contribution in [0.2, 0.25) is 0 Å². The molecule has 0 spiro atoms. The summed E-state index contributed by atoms with van der Waals surface area (Å²) < 4.78 is 26.3. The quantitative estimate of drug-likeness (QED) is 0.722. The number of rotatable bonds is 1. The number of alkyl halides is 2. The molecule has 0 saturated carbocycles. The van der Waals surface area contributed by atoms with Gasteiger partial charge in [0.25, 0.3) is 0 Å². The SMILES string of the molecule is OCC1(F)C=C(Br)C=CC1F. The van der Waals surface area contributed by atoms with Crippen LogP contribution in [0, 0.1) is 0 Å². The summed E-state index contributed by atoms with van der Waals surface area (Å²) in [5.74, 6) is 0. The molecule has 0 bridgehead atoms. The molecule has 4 heteroatoms. The maximum absolute atomic E-state index is 13.2. The van der Waals surface area contributed by atoms with Crippen LogP contribution < -0.4 is 0 Å². The molecular weight excluding hydrogens is 218 g/mol. The maximum atomic E-state index is 13.2. The van der Waals surface area contributed by atoms with Gasteiger partial charge >= 0.3 is 0 Å². The van der Waals surface area contributed by atoms with Gasteiger partial charge in [0.1, 0.15) is 0 Å². The Balaban J connectivity index is 2.89. The van der Waals surface area contributed by atoms with Crippen LogP contribution >= 0.6 is 15.9 Å². The second-order valence-electron chi connectivity index (χ2n) is 2.37. The van der Waals surface area contributed by atoms with Crippen molar-refractivity contribution in [1.82, 2.24) is 0 Å². The minimum Gasteiger partial charge on any atom is -0.393 e. The number of allylic oxidation sites excluding steroid dienone is 3. The van der Waals surface area contributed by atoms with Crippen LogP contribution in [-0.2, 0) is 0 Å². The Labute approximate surface area is 71.5 Å². The summed E-state index contributed by atoms with van der Waals surface area (Å²) >= 11 is 2.99. The van der Waals surface area contributed by atoms with Gasteiger partial charge < -0.3 is 5.11 Å². The molecule has 0 saturated heterocycles. The van der Waals surface area contributed by atoms with Crippen LogP contribution in [-0.4, -0.2) is 23.6 Å². The molecule has 1 aliphatic rings. The molecule has 0 radical (unpaired) electrons. The van der Waals surface area contributed by atoms with E-state index in [-0.39, 0.29) is 0 Å². The Hall–Kier alpha value is -0.220. The van der Waals surface area contributed by atoms with Gasteiger partial charge in [-0.3, -0.25) is 0 Å². The van der Waals surface area contributed by atoms with Crippen LogP contribution in [0.25, 0.3) is 0 Å². The van der Waals surface area contributed by atoms with Crippen LogP contribution in [0.4, 0.5) is 8.78 Å². The Morgan fingerprint density at radius 2 is 2.36 bits per heavy atom. The van der Waals surface area contributed by atoms with E-state index in [9.17, 15) is 8.78 Å². The fourth-order valence-corrected chi connectivity index (χ4v) is 1.36. The summed E-state index contributed by atoms with van der Waals surface area (Å²) in [4.78, 5) is 0. The Morgan fingerprint density at radius 1 is 1.73 bits per heavy atom. The molecule has 11 heavy (non-hydrogen) atoms. The highest BCUT2D eigenvalue weighted by molar-refractivity contribution is 9.11. The molecule has 2 atom stereocenters. The highest BCUT2D eigenvalue weighted by Gasteiger charge is 2.37. The van der Waals surface area contributed by atoms with Gasteiger partial charge in [-0.1, -0.05) is 15.9 Å². The summed E-state index contributed by atoms with van der Waals surface area (Å²) in [6, 6.07) is 0. The molecule has 0 fully saturated rings. The van der Waals surface area contributed by atoms with E-state index >= 15 is 0 Å². The first-order valence-electron chi connectivity index (χ1n) is 3.09. The van der Waals surface area contributed by atoms with Crippen molar-refractivity contribution in [1.29, 1.82) is 0 Å². The van der Waals surface area contributed by atoms with Crippen molar-refractivity contribution in [3.8, 4) is 0 Å². The summed E-state index contributed by atoms with van der Waals surface area (Å²) in [7, 11) is 0. The molecule has 62 valence electrons. The monoisotopic (exact) mass is 224 g/mol. The molecule has 1 N–H and O–H groups in total. The van der Waals surface area contributed by atoms with Gasteiger partial charge in [0.15, 0.2) is 11.8 Å². The molecule has 0 amide bonds. The lowest BCUT2D eigenvalue weighted by Crippen LogP contribution is -2.37. The smallest absolute Gasteiger partial charge is 0.187 e. The van der Waals surface area contributed by atoms with Gasteiger partial charge in [-0.25, -0.2) is 8.78 Å². The number of hydrogen-bond donors (Lipinski definition) is 1. The summed E-state index contributed by atoms with van der Waals surface area (Å²) in [6.07, 6.45) is 1.75. The van der Waals surface area contributed by atoms with Crippen molar-refractivity contribution in [2.45, 2.75) is 11.8 Å².